The van der Waals surface area contributed by atoms with E-state index in [-0.39, 0.29) is 11.9 Å². The summed E-state index contributed by atoms with van der Waals surface area (Å²) in [5, 5.41) is 1.85. The summed E-state index contributed by atoms with van der Waals surface area (Å²) in [6, 6.07) is 1.71. The van der Waals surface area contributed by atoms with E-state index in [2.05, 4.69) is 0 Å². The van der Waals surface area contributed by atoms with Crippen LogP contribution in [0.1, 0.15) is 28.2 Å². The highest BCUT2D eigenvalue weighted by atomic mass is 32.1. The van der Waals surface area contributed by atoms with Crippen molar-refractivity contribution in [3.8, 4) is 0 Å². The predicted molar refractivity (Wildman–Crippen MR) is 45.4 cm³/mol. The molecule has 1 amide bonds. The van der Waals surface area contributed by atoms with Crippen molar-refractivity contribution in [3.05, 3.63) is 21.9 Å². The fourth-order valence-corrected chi connectivity index (χ4v) is 1.58. The molecule has 1 aromatic rings. The molecule has 1 rings (SSSR count). The van der Waals surface area contributed by atoms with E-state index < -0.39 is 0 Å². The molecule has 0 aliphatic carbocycles. The normalized spacial score (nSPS) is 12.9. The largest absolute Gasteiger partial charge is 0.365 e. The molecule has 0 fully saturated rings. The zero-order chi connectivity index (χ0) is 8.43. The van der Waals surface area contributed by atoms with Crippen molar-refractivity contribution in [3.63, 3.8) is 0 Å². The van der Waals surface area contributed by atoms with Gasteiger partial charge in [-0.05, 0) is 23.9 Å². The van der Waals surface area contributed by atoms with Crippen molar-refractivity contribution in [2.24, 2.45) is 11.5 Å². The number of thiophene rings is 1. The van der Waals surface area contributed by atoms with Gasteiger partial charge in [-0.2, -0.15) is 0 Å². The van der Waals surface area contributed by atoms with Crippen molar-refractivity contribution in [1.29, 1.82) is 0 Å². The van der Waals surface area contributed by atoms with Crippen molar-refractivity contribution < 1.29 is 4.79 Å². The zero-order valence-electron chi connectivity index (χ0n) is 6.20. The van der Waals surface area contributed by atoms with Crippen LogP contribution in [0.4, 0.5) is 0 Å². The minimum absolute atomic E-state index is 0.0284. The molecule has 4 N–H and O–H groups in total. The molecule has 1 aromatic heterocycles. The maximum absolute atomic E-state index is 10.6. The molecule has 0 saturated heterocycles. The minimum atomic E-state index is -0.387. The van der Waals surface area contributed by atoms with Gasteiger partial charge >= 0.3 is 0 Å². The van der Waals surface area contributed by atoms with E-state index in [4.69, 9.17) is 11.5 Å². The van der Waals surface area contributed by atoms with Crippen LogP contribution in [0.5, 0.6) is 0 Å². The van der Waals surface area contributed by atoms with Crippen LogP contribution < -0.4 is 11.5 Å². The van der Waals surface area contributed by atoms with Crippen LogP contribution in [0.15, 0.2) is 11.4 Å². The van der Waals surface area contributed by atoms with Gasteiger partial charge in [0, 0.05) is 6.04 Å². The quantitative estimate of drug-likeness (QED) is 0.691. The van der Waals surface area contributed by atoms with Gasteiger partial charge in [0.1, 0.15) is 0 Å². The predicted octanol–water partition coefficient (Wildman–Crippen LogP) is 0.867. The average Bonchev–Trinajstić information content (AvgIpc) is 2.33. The van der Waals surface area contributed by atoms with E-state index in [1.54, 1.807) is 6.07 Å². The topological polar surface area (TPSA) is 69.1 Å². The molecule has 0 radical (unpaired) electrons. The third-order valence-corrected chi connectivity index (χ3v) is 2.35. The van der Waals surface area contributed by atoms with Crippen molar-refractivity contribution in [2.75, 3.05) is 0 Å². The van der Waals surface area contributed by atoms with Gasteiger partial charge < -0.3 is 11.5 Å². The second-order valence-electron chi connectivity index (χ2n) is 2.40. The highest BCUT2D eigenvalue weighted by Crippen LogP contribution is 2.18. The summed E-state index contributed by atoms with van der Waals surface area (Å²) in [5.74, 6) is -0.387. The van der Waals surface area contributed by atoms with Crippen LogP contribution in [0, 0.1) is 0 Å². The third-order valence-electron chi connectivity index (χ3n) is 1.39. The van der Waals surface area contributed by atoms with Gasteiger partial charge in [-0.3, -0.25) is 4.79 Å². The highest BCUT2D eigenvalue weighted by molar-refractivity contribution is 7.12. The maximum atomic E-state index is 10.6. The lowest BCUT2D eigenvalue weighted by molar-refractivity contribution is 0.100. The second-order valence-corrected chi connectivity index (χ2v) is 3.31. The minimum Gasteiger partial charge on any atom is -0.365 e. The molecule has 0 aliphatic heterocycles. The van der Waals surface area contributed by atoms with E-state index in [0.29, 0.717) is 4.88 Å². The summed E-state index contributed by atoms with van der Waals surface area (Å²) in [4.78, 5) is 11.2. The van der Waals surface area contributed by atoms with Crippen molar-refractivity contribution >= 4 is 17.2 Å². The number of hydrogen-bond acceptors (Lipinski definition) is 3. The van der Waals surface area contributed by atoms with Gasteiger partial charge in [-0.15, -0.1) is 11.3 Å². The molecule has 0 spiro atoms. The van der Waals surface area contributed by atoms with Gasteiger partial charge in [0.2, 0.25) is 0 Å². The Kier molecular flexibility index (Phi) is 2.26. The fraction of sp³-hybridized carbons (Fsp3) is 0.286. The molecule has 11 heavy (non-hydrogen) atoms. The first kappa shape index (κ1) is 8.23. The molecule has 4 heteroatoms. The molecule has 1 atom stereocenters. The van der Waals surface area contributed by atoms with Crippen molar-refractivity contribution in [1.82, 2.24) is 0 Å². The van der Waals surface area contributed by atoms with Crippen molar-refractivity contribution in [2.45, 2.75) is 13.0 Å². The molecular formula is C7H10N2OS. The first-order valence-electron chi connectivity index (χ1n) is 3.25. The Hall–Kier alpha value is -0.870. The fourth-order valence-electron chi connectivity index (χ4n) is 0.719. The van der Waals surface area contributed by atoms with E-state index in [1.165, 1.54) is 11.3 Å². The number of rotatable bonds is 2. The summed E-state index contributed by atoms with van der Waals surface area (Å²) in [6.45, 7) is 1.87. The lowest BCUT2D eigenvalue weighted by Crippen LogP contribution is -2.09. The molecule has 0 unspecified atom stereocenters. The van der Waals surface area contributed by atoms with E-state index in [0.717, 1.165) is 5.56 Å². The zero-order valence-corrected chi connectivity index (χ0v) is 7.02. The summed E-state index contributed by atoms with van der Waals surface area (Å²) in [6.07, 6.45) is 0. The maximum Gasteiger partial charge on any atom is 0.258 e. The number of carbonyl (C=O) groups is 1. The van der Waals surface area contributed by atoms with Crippen LogP contribution >= 0.6 is 11.3 Å². The highest BCUT2D eigenvalue weighted by Gasteiger charge is 2.06. The number of nitrogens with two attached hydrogens (primary N) is 2. The Balaban J connectivity index is 2.90. The third kappa shape index (κ3) is 1.78. The van der Waals surface area contributed by atoms with Crippen LogP contribution in [-0.2, 0) is 0 Å². The monoisotopic (exact) mass is 170 g/mol. The Labute approximate surface area is 69.0 Å². The molecule has 1 heterocycles. The van der Waals surface area contributed by atoms with Gasteiger partial charge in [0.05, 0.1) is 4.88 Å². The van der Waals surface area contributed by atoms with Crippen LogP contribution in [-0.4, -0.2) is 5.91 Å². The smallest absolute Gasteiger partial charge is 0.258 e. The van der Waals surface area contributed by atoms with Gasteiger partial charge in [-0.1, -0.05) is 0 Å². The van der Waals surface area contributed by atoms with Gasteiger partial charge in [0.25, 0.3) is 5.91 Å². The second kappa shape index (κ2) is 3.02. The first-order chi connectivity index (χ1) is 5.11. The van der Waals surface area contributed by atoms with E-state index >= 15 is 0 Å². The Bertz CT molecular complexity index is 267. The van der Waals surface area contributed by atoms with Crippen LogP contribution in [0.25, 0.3) is 0 Å². The molecule has 0 bridgehead atoms. The molecule has 0 aliphatic rings. The van der Waals surface area contributed by atoms with Crippen LogP contribution in [0.3, 0.4) is 0 Å². The molecule has 0 saturated carbocycles. The average molecular weight is 170 g/mol. The first-order valence-corrected chi connectivity index (χ1v) is 4.13. The SMILES string of the molecule is C[C@@H](N)c1csc(C(N)=O)c1. The molecule has 0 aromatic carbocycles. The summed E-state index contributed by atoms with van der Waals surface area (Å²) >= 11 is 1.33. The number of hydrogen-bond donors (Lipinski definition) is 2. The summed E-state index contributed by atoms with van der Waals surface area (Å²) < 4.78 is 0. The number of carbonyl (C=O) groups excluding carboxylic acids is 1. The molecule has 60 valence electrons. The Morgan fingerprint density at radius 3 is 2.64 bits per heavy atom. The Morgan fingerprint density at radius 2 is 2.36 bits per heavy atom. The van der Waals surface area contributed by atoms with E-state index in [9.17, 15) is 4.79 Å². The number of amides is 1. The van der Waals surface area contributed by atoms with Gasteiger partial charge in [0.15, 0.2) is 0 Å². The van der Waals surface area contributed by atoms with E-state index in [1.807, 2.05) is 12.3 Å². The molecule has 3 nitrogen and oxygen atoms in total. The standard InChI is InChI=1S/C7H10N2OS/c1-4(8)5-2-6(7(9)10)11-3-5/h2-4H,8H2,1H3,(H2,9,10)/t4-/m1/s1. The molecular weight excluding hydrogens is 160 g/mol. The van der Waals surface area contributed by atoms with Gasteiger partial charge in [-0.25, -0.2) is 0 Å². The lowest BCUT2D eigenvalue weighted by atomic mass is 10.2. The van der Waals surface area contributed by atoms with Crippen LogP contribution in [0.2, 0.25) is 0 Å². The Morgan fingerprint density at radius 1 is 1.73 bits per heavy atom. The summed E-state index contributed by atoms with van der Waals surface area (Å²) in [7, 11) is 0. The lowest BCUT2D eigenvalue weighted by Gasteiger charge is -1.97. The number of primary amides is 1. The summed E-state index contributed by atoms with van der Waals surface area (Å²) in [5.41, 5.74) is 11.6.